The Bertz CT molecular complexity index is 373. The van der Waals surface area contributed by atoms with Gasteiger partial charge >= 0.3 is 0 Å². The second kappa shape index (κ2) is 5.26. The summed E-state index contributed by atoms with van der Waals surface area (Å²) in [5.41, 5.74) is 0.931. The molecule has 0 spiro atoms. The highest BCUT2D eigenvalue weighted by atomic mass is 19.1. The highest BCUT2D eigenvalue weighted by Crippen LogP contribution is 2.14. The molecule has 0 saturated carbocycles. The van der Waals surface area contributed by atoms with Gasteiger partial charge in [-0.15, -0.1) is 0 Å². The van der Waals surface area contributed by atoms with Crippen LogP contribution in [0.25, 0.3) is 6.08 Å². The highest BCUT2D eigenvalue weighted by molar-refractivity contribution is 5.49. The molecular formula is C14H18FN. The number of benzene rings is 1. The molecule has 1 N–H and O–H groups in total. The van der Waals surface area contributed by atoms with E-state index in [0.29, 0.717) is 12.1 Å². The average molecular weight is 219 g/mol. The van der Waals surface area contributed by atoms with Crippen molar-refractivity contribution in [3.8, 4) is 0 Å². The Kier molecular flexibility index (Phi) is 3.73. The first-order chi connectivity index (χ1) is 7.74. The van der Waals surface area contributed by atoms with Gasteiger partial charge in [0, 0.05) is 12.1 Å². The smallest absolute Gasteiger partial charge is 0.123 e. The molecule has 2 unspecified atom stereocenters. The Morgan fingerprint density at radius 3 is 3.00 bits per heavy atom. The SMILES string of the molecule is CC1CCCC(/C=C/c2cccc(F)c2)N1. The normalized spacial score (nSPS) is 26.1. The topological polar surface area (TPSA) is 12.0 Å². The van der Waals surface area contributed by atoms with E-state index < -0.39 is 0 Å². The van der Waals surface area contributed by atoms with Crippen LogP contribution in [-0.2, 0) is 0 Å². The maximum atomic E-state index is 12.9. The van der Waals surface area contributed by atoms with Gasteiger partial charge in [-0.05, 0) is 37.5 Å². The van der Waals surface area contributed by atoms with Crippen LogP contribution in [0.15, 0.2) is 30.3 Å². The van der Waals surface area contributed by atoms with Gasteiger partial charge in [-0.2, -0.15) is 0 Å². The Labute approximate surface area is 96.4 Å². The number of piperidine rings is 1. The molecule has 2 atom stereocenters. The molecule has 0 aromatic heterocycles. The molecule has 0 bridgehead atoms. The zero-order valence-corrected chi connectivity index (χ0v) is 9.62. The third kappa shape index (κ3) is 3.17. The number of nitrogens with one attached hydrogen (secondary N) is 1. The molecule has 2 heteroatoms. The predicted octanol–water partition coefficient (Wildman–Crippen LogP) is 3.37. The lowest BCUT2D eigenvalue weighted by Gasteiger charge is -2.26. The lowest BCUT2D eigenvalue weighted by molar-refractivity contribution is 0.375. The van der Waals surface area contributed by atoms with E-state index >= 15 is 0 Å². The van der Waals surface area contributed by atoms with E-state index in [2.05, 4.69) is 18.3 Å². The summed E-state index contributed by atoms with van der Waals surface area (Å²) in [6.45, 7) is 2.21. The number of hydrogen-bond donors (Lipinski definition) is 1. The fourth-order valence-corrected chi connectivity index (χ4v) is 2.17. The molecule has 0 radical (unpaired) electrons. The maximum absolute atomic E-state index is 12.9. The van der Waals surface area contributed by atoms with E-state index in [1.165, 1.54) is 25.3 Å². The quantitative estimate of drug-likeness (QED) is 0.804. The van der Waals surface area contributed by atoms with Crippen LogP contribution in [0.3, 0.4) is 0 Å². The Morgan fingerprint density at radius 1 is 1.38 bits per heavy atom. The fourth-order valence-electron chi connectivity index (χ4n) is 2.17. The van der Waals surface area contributed by atoms with Gasteiger partial charge in [-0.3, -0.25) is 0 Å². The summed E-state index contributed by atoms with van der Waals surface area (Å²) < 4.78 is 12.9. The van der Waals surface area contributed by atoms with Crippen molar-refractivity contribution in [2.45, 2.75) is 38.3 Å². The molecule has 1 fully saturated rings. The molecule has 1 nitrogen and oxygen atoms in total. The molecule has 1 aromatic carbocycles. The van der Waals surface area contributed by atoms with Crippen LogP contribution in [0.1, 0.15) is 31.7 Å². The summed E-state index contributed by atoms with van der Waals surface area (Å²) in [6.07, 6.45) is 7.84. The largest absolute Gasteiger partial charge is 0.308 e. The number of hydrogen-bond acceptors (Lipinski definition) is 1. The van der Waals surface area contributed by atoms with Gasteiger partial charge in [0.05, 0.1) is 0 Å². The molecule has 1 aromatic rings. The Balaban J connectivity index is 1.98. The minimum absolute atomic E-state index is 0.174. The summed E-state index contributed by atoms with van der Waals surface area (Å²) in [6, 6.07) is 7.72. The standard InChI is InChI=1S/C14H18FN/c1-11-4-2-7-14(16-11)9-8-12-5-3-6-13(15)10-12/h3,5-6,8-11,14,16H,2,4,7H2,1H3/b9-8+. The van der Waals surface area contributed by atoms with E-state index in [4.69, 9.17) is 0 Å². The third-order valence-corrected chi connectivity index (χ3v) is 3.02. The van der Waals surface area contributed by atoms with Crippen molar-refractivity contribution in [2.75, 3.05) is 0 Å². The van der Waals surface area contributed by atoms with Crippen LogP contribution in [0.4, 0.5) is 4.39 Å². The molecule has 86 valence electrons. The van der Waals surface area contributed by atoms with E-state index in [1.807, 2.05) is 12.1 Å². The van der Waals surface area contributed by atoms with Crippen molar-refractivity contribution in [3.63, 3.8) is 0 Å². The number of halogens is 1. The van der Waals surface area contributed by atoms with Gasteiger partial charge in [0.25, 0.3) is 0 Å². The molecule has 0 amide bonds. The Morgan fingerprint density at radius 2 is 2.25 bits per heavy atom. The van der Waals surface area contributed by atoms with E-state index in [-0.39, 0.29) is 5.82 Å². The zero-order chi connectivity index (χ0) is 11.4. The number of rotatable bonds is 2. The van der Waals surface area contributed by atoms with Crippen molar-refractivity contribution in [2.24, 2.45) is 0 Å². The zero-order valence-electron chi connectivity index (χ0n) is 9.62. The van der Waals surface area contributed by atoms with Gasteiger partial charge < -0.3 is 5.32 Å². The molecule has 1 aliphatic rings. The van der Waals surface area contributed by atoms with Crippen LogP contribution in [0.2, 0.25) is 0 Å². The molecule has 16 heavy (non-hydrogen) atoms. The fraction of sp³-hybridized carbons (Fsp3) is 0.429. The first-order valence-electron chi connectivity index (χ1n) is 5.94. The van der Waals surface area contributed by atoms with Crippen molar-refractivity contribution in [1.29, 1.82) is 0 Å². The predicted molar refractivity (Wildman–Crippen MR) is 65.7 cm³/mol. The highest BCUT2D eigenvalue weighted by Gasteiger charge is 2.14. The average Bonchev–Trinajstić information content (AvgIpc) is 2.27. The van der Waals surface area contributed by atoms with Crippen LogP contribution >= 0.6 is 0 Å². The van der Waals surface area contributed by atoms with Crippen LogP contribution in [0.5, 0.6) is 0 Å². The first kappa shape index (κ1) is 11.3. The van der Waals surface area contributed by atoms with Crippen molar-refractivity contribution < 1.29 is 4.39 Å². The summed E-state index contributed by atoms with van der Waals surface area (Å²) >= 11 is 0. The van der Waals surface area contributed by atoms with E-state index in [1.54, 1.807) is 12.1 Å². The van der Waals surface area contributed by atoms with E-state index in [0.717, 1.165) is 5.56 Å². The van der Waals surface area contributed by atoms with Crippen molar-refractivity contribution in [1.82, 2.24) is 5.32 Å². The van der Waals surface area contributed by atoms with Gasteiger partial charge in [-0.25, -0.2) is 4.39 Å². The van der Waals surface area contributed by atoms with Crippen LogP contribution in [-0.4, -0.2) is 12.1 Å². The minimum Gasteiger partial charge on any atom is -0.308 e. The van der Waals surface area contributed by atoms with Gasteiger partial charge in [-0.1, -0.05) is 30.7 Å². The molecule has 1 heterocycles. The summed E-state index contributed by atoms with van der Waals surface area (Å²) in [5.74, 6) is -0.174. The Hall–Kier alpha value is -1.15. The van der Waals surface area contributed by atoms with Gasteiger partial charge in [0.2, 0.25) is 0 Å². The molecule has 0 aliphatic carbocycles. The lowest BCUT2D eigenvalue weighted by atomic mass is 9.99. The lowest BCUT2D eigenvalue weighted by Crippen LogP contribution is -2.39. The van der Waals surface area contributed by atoms with Crippen LogP contribution in [0, 0.1) is 5.82 Å². The molecule has 1 saturated heterocycles. The van der Waals surface area contributed by atoms with Gasteiger partial charge in [0.15, 0.2) is 0 Å². The summed E-state index contributed by atoms with van der Waals surface area (Å²) in [7, 11) is 0. The molecule has 1 aliphatic heterocycles. The second-order valence-electron chi connectivity index (χ2n) is 4.52. The first-order valence-corrected chi connectivity index (χ1v) is 5.94. The van der Waals surface area contributed by atoms with Crippen LogP contribution < -0.4 is 5.32 Å². The van der Waals surface area contributed by atoms with E-state index in [9.17, 15) is 4.39 Å². The van der Waals surface area contributed by atoms with Crippen molar-refractivity contribution in [3.05, 3.63) is 41.7 Å². The minimum atomic E-state index is -0.174. The third-order valence-electron chi connectivity index (χ3n) is 3.02. The summed E-state index contributed by atoms with van der Waals surface area (Å²) in [4.78, 5) is 0. The summed E-state index contributed by atoms with van der Waals surface area (Å²) in [5, 5.41) is 3.52. The molecule has 2 rings (SSSR count). The second-order valence-corrected chi connectivity index (χ2v) is 4.52. The van der Waals surface area contributed by atoms with Crippen molar-refractivity contribution >= 4 is 6.08 Å². The molecular weight excluding hydrogens is 201 g/mol. The maximum Gasteiger partial charge on any atom is 0.123 e. The monoisotopic (exact) mass is 219 g/mol. The van der Waals surface area contributed by atoms with Gasteiger partial charge in [0.1, 0.15) is 5.82 Å².